The maximum atomic E-state index is 4.75. The summed E-state index contributed by atoms with van der Waals surface area (Å²) in [5, 5.41) is 6.97. The Hall–Kier alpha value is -2.76. The van der Waals surface area contributed by atoms with Gasteiger partial charge in [0, 0.05) is 50.0 Å². The summed E-state index contributed by atoms with van der Waals surface area (Å²) < 4.78 is 0. The number of anilines is 1. The topological polar surface area (TPSA) is 53.1 Å². The Labute approximate surface area is 185 Å². The molecule has 0 saturated carbocycles. The lowest BCUT2D eigenvalue weighted by Gasteiger charge is -2.36. The van der Waals surface area contributed by atoms with Crippen molar-refractivity contribution in [2.45, 2.75) is 45.8 Å². The molecule has 0 radical (unpaired) electrons. The molecule has 1 aromatic heterocycles. The number of hydrogen-bond acceptors (Lipinski definition) is 5. The first-order valence-corrected chi connectivity index (χ1v) is 11.3. The molecule has 5 nitrogen and oxygen atoms in total. The van der Waals surface area contributed by atoms with E-state index >= 15 is 0 Å². The van der Waals surface area contributed by atoms with E-state index in [-0.39, 0.29) is 0 Å². The van der Waals surface area contributed by atoms with Gasteiger partial charge in [-0.3, -0.25) is 4.90 Å². The second kappa shape index (κ2) is 10.0. The normalized spacial score (nSPS) is 19.3. The zero-order chi connectivity index (χ0) is 21.6. The Kier molecular flexibility index (Phi) is 6.95. The van der Waals surface area contributed by atoms with E-state index in [1.54, 1.807) is 0 Å². The minimum Gasteiger partial charge on any atom is -0.354 e. The maximum absolute atomic E-state index is 4.75. The summed E-state index contributed by atoms with van der Waals surface area (Å²) >= 11 is 0. The second-order valence-corrected chi connectivity index (χ2v) is 8.79. The monoisotopic (exact) mass is 415 g/mol. The van der Waals surface area contributed by atoms with E-state index in [4.69, 9.17) is 4.98 Å². The van der Waals surface area contributed by atoms with Crippen LogP contribution in [-0.4, -0.2) is 46.6 Å². The Morgan fingerprint density at radius 1 is 1.00 bits per heavy atom. The first kappa shape index (κ1) is 21.5. The van der Waals surface area contributed by atoms with Crippen LogP contribution >= 0.6 is 0 Å². The number of nitrogens with one attached hydrogen (secondary N) is 2. The van der Waals surface area contributed by atoms with Gasteiger partial charge in [0.05, 0.1) is 5.69 Å². The van der Waals surface area contributed by atoms with Gasteiger partial charge in [0.15, 0.2) is 0 Å². The van der Waals surface area contributed by atoms with Crippen molar-refractivity contribution in [2.24, 2.45) is 0 Å². The molecule has 1 fully saturated rings. The summed E-state index contributed by atoms with van der Waals surface area (Å²) in [6.07, 6.45) is 2.79. The van der Waals surface area contributed by atoms with E-state index in [1.165, 1.54) is 16.7 Å². The molecule has 3 aromatic rings. The van der Waals surface area contributed by atoms with E-state index in [0.717, 1.165) is 43.9 Å². The number of aryl methyl sites for hydroxylation is 1. The van der Waals surface area contributed by atoms with Crippen LogP contribution in [0.25, 0.3) is 11.3 Å². The summed E-state index contributed by atoms with van der Waals surface area (Å²) in [4.78, 5) is 11.7. The van der Waals surface area contributed by atoms with Gasteiger partial charge in [0.25, 0.3) is 0 Å². The first-order valence-electron chi connectivity index (χ1n) is 11.3. The molecule has 2 atom stereocenters. The summed E-state index contributed by atoms with van der Waals surface area (Å²) in [7, 11) is 0. The third-order valence-electron chi connectivity index (χ3n) is 5.74. The van der Waals surface area contributed by atoms with Crippen LogP contribution in [-0.2, 0) is 13.0 Å². The van der Waals surface area contributed by atoms with Crippen molar-refractivity contribution in [3.8, 4) is 11.3 Å². The van der Waals surface area contributed by atoms with Gasteiger partial charge in [0.1, 0.15) is 0 Å². The van der Waals surface area contributed by atoms with Crippen LogP contribution in [0.5, 0.6) is 0 Å². The lowest BCUT2D eigenvalue weighted by molar-refractivity contribution is 0.166. The van der Waals surface area contributed by atoms with Gasteiger partial charge in [0.2, 0.25) is 5.95 Å². The fraction of sp³-hybridized carbons (Fsp3) is 0.385. The molecule has 2 aromatic carbocycles. The first-order chi connectivity index (χ1) is 15.0. The molecule has 1 aliphatic rings. The van der Waals surface area contributed by atoms with Gasteiger partial charge in [-0.1, -0.05) is 48.0 Å². The van der Waals surface area contributed by atoms with Crippen molar-refractivity contribution in [3.05, 3.63) is 77.5 Å². The van der Waals surface area contributed by atoms with Crippen LogP contribution in [0.4, 0.5) is 5.95 Å². The number of benzene rings is 2. The van der Waals surface area contributed by atoms with Gasteiger partial charge >= 0.3 is 0 Å². The summed E-state index contributed by atoms with van der Waals surface area (Å²) in [6, 6.07) is 20.4. The third kappa shape index (κ3) is 6.12. The van der Waals surface area contributed by atoms with E-state index in [2.05, 4.69) is 89.8 Å². The molecule has 2 N–H and O–H groups in total. The molecule has 31 heavy (non-hydrogen) atoms. The van der Waals surface area contributed by atoms with Gasteiger partial charge in [-0.2, -0.15) is 0 Å². The van der Waals surface area contributed by atoms with Crippen molar-refractivity contribution in [1.82, 2.24) is 20.2 Å². The number of aromatic nitrogens is 2. The standard InChI is InChI=1S/C26H33N5/c1-19-7-9-22(10-8-19)11-13-27-26-28-14-12-25(30-26)24-6-4-5-23(15-24)18-31-16-20(2)29-21(3)17-31/h4-10,12,14-15,20-21,29H,11,13,16-18H2,1-3H3,(H,27,28,30). The van der Waals surface area contributed by atoms with Crippen molar-refractivity contribution in [1.29, 1.82) is 0 Å². The van der Waals surface area contributed by atoms with Gasteiger partial charge < -0.3 is 10.6 Å². The van der Waals surface area contributed by atoms with E-state index in [1.807, 2.05) is 12.3 Å². The molecule has 0 aliphatic carbocycles. The minimum absolute atomic E-state index is 0.530. The Balaban J connectivity index is 1.39. The van der Waals surface area contributed by atoms with Crippen LogP contribution < -0.4 is 10.6 Å². The van der Waals surface area contributed by atoms with Crippen molar-refractivity contribution in [3.63, 3.8) is 0 Å². The number of piperazine rings is 1. The molecule has 0 amide bonds. The van der Waals surface area contributed by atoms with Crippen LogP contribution in [0.15, 0.2) is 60.8 Å². The number of hydrogen-bond donors (Lipinski definition) is 2. The van der Waals surface area contributed by atoms with E-state index in [0.29, 0.717) is 18.0 Å². The highest BCUT2D eigenvalue weighted by molar-refractivity contribution is 5.61. The van der Waals surface area contributed by atoms with Crippen LogP contribution in [0, 0.1) is 6.92 Å². The molecule has 2 unspecified atom stereocenters. The maximum Gasteiger partial charge on any atom is 0.223 e. The number of nitrogens with zero attached hydrogens (tertiary/aromatic N) is 3. The van der Waals surface area contributed by atoms with E-state index in [9.17, 15) is 0 Å². The molecule has 0 spiro atoms. The Bertz CT molecular complexity index is 975. The molecule has 4 rings (SSSR count). The SMILES string of the molecule is Cc1ccc(CCNc2nccc(-c3cccc(CN4CC(C)NC(C)C4)c3)n2)cc1. The zero-order valence-corrected chi connectivity index (χ0v) is 18.8. The average molecular weight is 416 g/mol. The number of rotatable bonds is 7. The summed E-state index contributed by atoms with van der Waals surface area (Å²) in [5.41, 5.74) is 6.02. The second-order valence-electron chi connectivity index (χ2n) is 8.79. The summed E-state index contributed by atoms with van der Waals surface area (Å²) in [5.74, 6) is 0.680. The van der Waals surface area contributed by atoms with Gasteiger partial charge in [-0.05, 0) is 50.5 Å². The van der Waals surface area contributed by atoms with E-state index < -0.39 is 0 Å². The highest BCUT2D eigenvalue weighted by Crippen LogP contribution is 2.20. The molecular weight excluding hydrogens is 382 g/mol. The van der Waals surface area contributed by atoms with Crippen molar-refractivity contribution in [2.75, 3.05) is 25.0 Å². The zero-order valence-electron chi connectivity index (χ0n) is 18.8. The lowest BCUT2D eigenvalue weighted by atomic mass is 10.1. The van der Waals surface area contributed by atoms with Crippen molar-refractivity contribution < 1.29 is 0 Å². The average Bonchev–Trinajstić information content (AvgIpc) is 2.75. The fourth-order valence-corrected chi connectivity index (χ4v) is 4.33. The Morgan fingerprint density at radius 3 is 2.55 bits per heavy atom. The highest BCUT2D eigenvalue weighted by atomic mass is 15.2. The predicted molar refractivity (Wildman–Crippen MR) is 128 cm³/mol. The molecule has 162 valence electrons. The minimum atomic E-state index is 0.530. The largest absolute Gasteiger partial charge is 0.354 e. The van der Waals surface area contributed by atoms with Crippen LogP contribution in [0.2, 0.25) is 0 Å². The van der Waals surface area contributed by atoms with Crippen LogP contribution in [0.3, 0.4) is 0 Å². The molecule has 2 heterocycles. The predicted octanol–water partition coefficient (Wildman–Crippen LogP) is 4.29. The smallest absolute Gasteiger partial charge is 0.223 e. The molecular formula is C26H33N5. The quantitative estimate of drug-likeness (QED) is 0.603. The molecule has 1 aliphatic heterocycles. The van der Waals surface area contributed by atoms with Crippen LogP contribution in [0.1, 0.15) is 30.5 Å². The molecule has 5 heteroatoms. The van der Waals surface area contributed by atoms with Crippen molar-refractivity contribution >= 4 is 5.95 Å². The van der Waals surface area contributed by atoms with Gasteiger partial charge in [-0.15, -0.1) is 0 Å². The molecule has 1 saturated heterocycles. The van der Waals surface area contributed by atoms with Gasteiger partial charge in [-0.25, -0.2) is 9.97 Å². The highest BCUT2D eigenvalue weighted by Gasteiger charge is 2.20. The fourth-order valence-electron chi connectivity index (χ4n) is 4.33. The Morgan fingerprint density at radius 2 is 1.77 bits per heavy atom. The third-order valence-corrected chi connectivity index (χ3v) is 5.74. The summed E-state index contributed by atoms with van der Waals surface area (Å²) in [6.45, 7) is 10.6. The lowest BCUT2D eigenvalue weighted by Crippen LogP contribution is -2.53. The molecule has 0 bridgehead atoms.